The molecule has 6 aromatic rings. The molecule has 0 fully saturated rings. The van der Waals surface area contributed by atoms with Crippen molar-refractivity contribution in [1.82, 2.24) is 9.38 Å². The normalized spacial score (nSPS) is 13.5. The fraction of sp³-hybridized carbons (Fsp3) is 0.129. The molecule has 0 radical (unpaired) electrons. The van der Waals surface area contributed by atoms with Crippen molar-refractivity contribution in [3.05, 3.63) is 106 Å². The minimum absolute atomic E-state index is 0.974. The molecular formula is C31H22N2. The number of aryl methyl sites for hydroxylation is 2. The molecule has 2 aliphatic carbocycles. The molecule has 2 heterocycles. The zero-order chi connectivity index (χ0) is 21.8. The number of imidazole rings is 1. The fourth-order valence-corrected chi connectivity index (χ4v) is 6.50. The summed E-state index contributed by atoms with van der Waals surface area (Å²) in [5.74, 6) is 0. The summed E-state index contributed by atoms with van der Waals surface area (Å²) < 4.78 is 2.46. The average molecular weight is 423 g/mol. The molecule has 2 aromatic heterocycles. The molecule has 0 saturated carbocycles. The first-order valence-electron chi connectivity index (χ1n) is 11.8. The summed E-state index contributed by atoms with van der Waals surface area (Å²) in [5.41, 5.74) is 16.3. The SMILES string of the molecule is Cc1nc2c3ccccc3c3c4c(c5c(c3n2c1C)Cc1ccccc1-5)-c1ccccc1C4. The minimum Gasteiger partial charge on any atom is -0.296 e. The average Bonchev–Trinajstić information content (AvgIpc) is 3.50. The van der Waals surface area contributed by atoms with Gasteiger partial charge in [-0.05, 0) is 70.2 Å². The van der Waals surface area contributed by atoms with Crippen LogP contribution in [0.25, 0.3) is 49.6 Å². The van der Waals surface area contributed by atoms with Crippen LogP contribution >= 0.6 is 0 Å². The van der Waals surface area contributed by atoms with Crippen LogP contribution in [-0.2, 0) is 12.8 Å². The summed E-state index contributed by atoms with van der Waals surface area (Å²) in [5, 5.41) is 3.99. The summed E-state index contributed by atoms with van der Waals surface area (Å²) in [4.78, 5) is 5.06. The van der Waals surface area contributed by atoms with Gasteiger partial charge in [-0.1, -0.05) is 72.8 Å². The fourth-order valence-electron chi connectivity index (χ4n) is 6.50. The van der Waals surface area contributed by atoms with Gasteiger partial charge in [0.15, 0.2) is 0 Å². The number of fused-ring (bicyclic) bond motifs is 15. The van der Waals surface area contributed by atoms with E-state index in [9.17, 15) is 0 Å². The third-order valence-electron chi connectivity index (χ3n) is 7.99. The zero-order valence-electron chi connectivity index (χ0n) is 18.7. The number of nitrogens with zero attached hydrogens (tertiary/aromatic N) is 2. The van der Waals surface area contributed by atoms with Gasteiger partial charge >= 0.3 is 0 Å². The van der Waals surface area contributed by atoms with Crippen molar-refractivity contribution in [1.29, 1.82) is 0 Å². The summed E-state index contributed by atoms with van der Waals surface area (Å²) in [6, 6.07) is 26.9. The Kier molecular flexibility index (Phi) is 3.15. The molecule has 0 N–H and O–H groups in total. The van der Waals surface area contributed by atoms with Crippen LogP contribution in [0.5, 0.6) is 0 Å². The van der Waals surface area contributed by atoms with Crippen LogP contribution in [0.3, 0.4) is 0 Å². The predicted octanol–water partition coefficient (Wildman–Crippen LogP) is 7.40. The molecule has 0 atom stereocenters. The van der Waals surface area contributed by atoms with Gasteiger partial charge in [0.1, 0.15) is 5.65 Å². The van der Waals surface area contributed by atoms with Crippen LogP contribution < -0.4 is 0 Å². The molecule has 0 amide bonds. The van der Waals surface area contributed by atoms with E-state index < -0.39 is 0 Å². The topological polar surface area (TPSA) is 17.3 Å². The highest BCUT2D eigenvalue weighted by Gasteiger charge is 2.33. The smallest absolute Gasteiger partial charge is 0.145 e. The summed E-state index contributed by atoms with van der Waals surface area (Å²) in [6.07, 6.45) is 1.96. The second-order valence-corrected chi connectivity index (χ2v) is 9.59. The lowest BCUT2D eigenvalue weighted by molar-refractivity contribution is 1.12. The molecule has 0 saturated heterocycles. The van der Waals surface area contributed by atoms with Crippen LogP contribution in [0.15, 0.2) is 72.8 Å². The third kappa shape index (κ3) is 2.03. The second-order valence-electron chi connectivity index (χ2n) is 9.59. The van der Waals surface area contributed by atoms with Crippen molar-refractivity contribution in [3.8, 4) is 22.3 Å². The lowest BCUT2D eigenvalue weighted by Gasteiger charge is -2.19. The maximum absolute atomic E-state index is 5.06. The van der Waals surface area contributed by atoms with Crippen LogP contribution in [-0.4, -0.2) is 9.38 Å². The molecular weight excluding hydrogens is 400 g/mol. The Bertz CT molecular complexity index is 1830. The first-order valence-corrected chi connectivity index (χ1v) is 11.8. The zero-order valence-corrected chi connectivity index (χ0v) is 18.7. The molecule has 0 spiro atoms. The summed E-state index contributed by atoms with van der Waals surface area (Å²) in [6.45, 7) is 4.36. The highest BCUT2D eigenvalue weighted by molar-refractivity contribution is 6.19. The van der Waals surface area contributed by atoms with E-state index >= 15 is 0 Å². The van der Waals surface area contributed by atoms with Gasteiger partial charge in [-0.3, -0.25) is 4.40 Å². The Hall–Kier alpha value is -3.91. The molecule has 33 heavy (non-hydrogen) atoms. The van der Waals surface area contributed by atoms with E-state index in [2.05, 4.69) is 91.0 Å². The number of hydrogen-bond acceptors (Lipinski definition) is 1. The molecule has 2 heteroatoms. The van der Waals surface area contributed by atoms with E-state index in [4.69, 9.17) is 4.98 Å². The van der Waals surface area contributed by atoms with E-state index in [1.165, 1.54) is 71.9 Å². The summed E-state index contributed by atoms with van der Waals surface area (Å²) >= 11 is 0. The van der Waals surface area contributed by atoms with Gasteiger partial charge in [-0.2, -0.15) is 0 Å². The Balaban J connectivity index is 1.72. The predicted molar refractivity (Wildman–Crippen MR) is 136 cm³/mol. The Labute approximate surface area is 192 Å². The third-order valence-corrected chi connectivity index (χ3v) is 7.99. The van der Waals surface area contributed by atoms with Gasteiger partial charge < -0.3 is 0 Å². The van der Waals surface area contributed by atoms with Crippen molar-refractivity contribution in [2.75, 3.05) is 0 Å². The van der Waals surface area contributed by atoms with Crippen molar-refractivity contribution < 1.29 is 0 Å². The van der Waals surface area contributed by atoms with E-state index in [0.29, 0.717) is 0 Å². The molecule has 0 aliphatic heterocycles. The van der Waals surface area contributed by atoms with Gasteiger partial charge in [0, 0.05) is 22.9 Å². The van der Waals surface area contributed by atoms with Crippen molar-refractivity contribution in [2.24, 2.45) is 0 Å². The molecule has 0 unspecified atom stereocenters. The number of rotatable bonds is 0. The monoisotopic (exact) mass is 422 g/mol. The quantitative estimate of drug-likeness (QED) is 0.233. The largest absolute Gasteiger partial charge is 0.296 e. The van der Waals surface area contributed by atoms with Gasteiger partial charge in [-0.25, -0.2) is 4.98 Å². The molecule has 0 bridgehead atoms. The number of hydrogen-bond donors (Lipinski definition) is 0. The molecule has 156 valence electrons. The van der Waals surface area contributed by atoms with Gasteiger partial charge in [0.25, 0.3) is 0 Å². The standard InChI is InChI=1S/C31H22N2/c1-17-18(2)33-30-26-16-20-10-4-6-12-22(20)28(26)27-21-11-5-3-9-19(21)15-25(27)29(30)23-13-7-8-14-24(23)31(33)32-17/h3-14H,15-16H2,1-2H3. The highest BCUT2D eigenvalue weighted by atomic mass is 15.0. The van der Waals surface area contributed by atoms with Crippen molar-refractivity contribution >= 4 is 27.3 Å². The van der Waals surface area contributed by atoms with Crippen LogP contribution in [0.4, 0.5) is 0 Å². The van der Waals surface area contributed by atoms with E-state index in [-0.39, 0.29) is 0 Å². The highest BCUT2D eigenvalue weighted by Crippen LogP contribution is 2.54. The van der Waals surface area contributed by atoms with Crippen LogP contribution in [0.2, 0.25) is 0 Å². The molecule has 8 rings (SSSR count). The van der Waals surface area contributed by atoms with Crippen LogP contribution in [0, 0.1) is 13.8 Å². The van der Waals surface area contributed by atoms with E-state index in [1.54, 1.807) is 0 Å². The van der Waals surface area contributed by atoms with E-state index in [0.717, 1.165) is 24.2 Å². The first kappa shape index (κ1) is 17.6. The lowest BCUT2D eigenvalue weighted by Crippen LogP contribution is -2.01. The summed E-state index contributed by atoms with van der Waals surface area (Å²) in [7, 11) is 0. The molecule has 4 aromatic carbocycles. The first-order chi connectivity index (χ1) is 16.2. The Morgan fingerprint density at radius 3 is 1.97 bits per heavy atom. The minimum atomic E-state index is 0.974. The van der Waals surface area contributed by atoms with Gasteiger partial charge in [0.2, 0.25) is 0 Å². The van der Waals surface area contributed by atoms with Crippen molar-refractivity contribution in [3.63, 3.8) is 0 Å². The van der Waals surface area contributed by atoms with Gasteiger partial charge in [-0.15, -0.1) is 0 Å². The maximum Gasteiger partial charge on any atom is 0.145 e. The Morgan fingerprint density at radius 2 is 1.24 bits per heavy atom. The van der Waals surface area contributed by atoms with E-state index in [1.807, 2.05) is 0 Å². The lowest BCUT2D eigenvalue weighted by atomic mass is 9.88. The van der Waals surface area contributed by atoms with Gasteiger partial charge in [0.05, 0.1) is 11.2 Å². The molecule has 2 nitrogen and oxygen atoms in total. The van der Waals surface area contributed by atoms with Crippen molar-refractivity contribution in [2.45, 2.75) is 26.7 Å². The number of pyridine rings is 1. The van der Waals surface area contributed by atoms with Crippen LogP contribution in [0.1, 0.15) is 33.6 Å². The maximum atomic E-state index is 5.06. The number of aromatic nitrogens is 2. The Morgan fingerprint density at radius 1 is 0.667 bits per heavy atom. The molecule has 2 aliphatic rings. The second kappa shape index (κ2) is 5.90. The number of benzene rings is 4.